The van der Waals surface area contributed by atoms with Crippen molar-refractivity contribution in [1.82, 2.24) is 0 Å². The first-order chi connectivity index (χ1) is 3.62. The summed E-state index contributed by atoms with van der Waals surface area (Å²) in [5, 5.41) is 8.35. The van der Waals surface area contributed by atoms with Gasteiger partial charge in [0.05, 0.1) is 6.26 Å². The van der Waals surface area contributed by atoms with Crippen LogP contribution in [-0.2, 0) is 0 Å². The molecule has 0 atom stereocenters. The van der Waals surface area contributed by atoms with Crippen molar-refractivity contribution in [3.63, 3.8) is 0 Å². The molecule has 0 saturated carbocycles. The third kappa shape index (κ3) is 2.67. The van der Waals surface area contributed by atoms with Crippen molar-refractivity contribution in [2.45, 2.75) is 27.2 Å². The molecule has 0 saturated heterocycles. The van der Waals surface area contributed by atoms with Crippen LogP contribution in [-0.4, -0.2) is 5.11 Å². The average Bonchev–Trinajstić information content (AvgIpc) is 1.67. The van der Waals surface area contributed by atoms with Gasteiger partial charge in [-0.15, -0.1) is 0 Å². The Morgan fingerprint density at radius 1 is 1.50 bits per heavy atom. The smallest absolute Gasteiger partial charge is 0.0757 e. The van der Waals surface area contributed by atoms with E-state index in [9.17, 15) is 0 Å². The lowest BCUT2D eigenvalue weighted by molar-refractivity contribution is 0.419. The number of hydrogen-bond donors (Lipinski definition) is 1. The molecule has 0 fully saturated rings. The zero-order valence-electron chi connectivity index (χ0n) is 5.81. The summed E-state index contributed by atoms with van der Waals surface area (Å²) in [7, 11) is 0. The van der Waals surface area contributed by atoms with Crippen LogP contribution in [0.1, 0.15) is 27.2 Å². The van der Waals surface area contributed by atoms with Crippen molar-refractivity contribution in [1.29, 1.82) is 0 Å². The third-order valence-corrected chi connectivity index (χ3v) is 1.44. The number of aliphatic hydroxyl groups is 1. The molecule has 0 bridgehead atoms. The molecule has 0 aromatic heterocycles. The van der Waals surface area contributed by atoms with Gasteiger partial charge >= 0.3 is 0 Å². The predicted molar refractivity (Wildman–Crippen MR) is 35.8 cm³/mol. The molecule has 0 aromatic rings. The quantitative estimate of drug-likeness (QED) is 0.547. The van der Waals surface area contributed by atoms with E-state index in [0.717, 1.165) is 12.7 Å². The predicted octanol–water partition coefficient (Wildman–Crippen LogP) is 2.49. The van der Waals surface area contributed by atoms with Crippen LogP contribution in [0.5, 0.6) is 0 Å². The standard InChI is InChI=1S/C7H14O/c1-4-7(2,3)5-6-8/h5-6,8H,4H2,1-3H3/b6-5+. The molecule has 1 N–H and O–H groups in total. The molecule has 0 heterocycles. The van der Waals surface area contributed by atoms with Gasteiger partial charge in [-0.25, -0.2) is 0 Å². The van der Waals surface area contributed by atoms with E-state index in [1.54, 1.807) is 6.08 Å². The molecule has 0 aliphatic carbocycles. The second kappa shape index (κ2) is 2.75. The van der Waals surface area contributed by atoms with Gasteiger partial charge in [0.25, 0.3) is 0 Å². The van der Waals surface area contributed by atoms with E-state index in [1.165, 1.54) is 0 Å². The summed E-state index contributed by atoms with van der Waals surface area (Å²) in [6.45, 7) is 6.26. The van der Waals surface area contributed by atoms with Crippen LogP contribution < -0.4 is 0 Å². The van der Waals surface area contributed by atoms with Gasteiger partial charge in [0.15, 0.2) is 0 Å². The van der Waals surface area contributed by atoms with Gasteiger partial charge < -0.3 is 5.11 Å². The first-order valence-electron chi connectivity index (χ1n) is 2.94. The highest BCUT2D eigenvalue weighted by molar-refractivity contribution is 4.88. The molecular formula is C7H14O. The lowest BCUT2D eigenvalue weighted by Crippen LogP contribution is -2.03. The molecule has 0 radical (unpaired) electrons. The maximum atomic E-state index is 8.35. The highest BCUT2D eigenvalue weighted by Crippen LogP contribution is 2.20. The summed E-state index contributed by atoms with van der Waals surface area (Å²) in [4.78, 5) is 0. The molecule has 48 valence electrons. The molecule has 0 spiro atoms. The molecule has 0 amide bonds. The number of allylic oxidation sites excluding steroid dienone is 1. The number of aliphatic hydroxyl groups excluding tert-OH is 1. The largest absolute Gasteiger partial charge is 0.516 e. The Bertz CT molecular complexity index is 82.4. The van der Waals surface area contributed by atoms with Crippen molar-refractivity contribution in [2.75, 3.05) is 0 Å². The molecule has 0 aliphatic rings. The van der Waals surface area contributed by atoms with Crippen LogP contribution in [0.4, 0.5) is 0 Å². The van der Waals surface area contributed by atoms with Gasteiger partial charge in [-0.1, -0.05) is 20.8 Å². The first kappa shape index (κ1) is 7.54. The monoisotopic (exact) mass is 114 g/mol. The van der Waals surface area contributed by atoms with Gasteiger partial charge in [0, 0.05) is 0 Å². The summed E-state index contributed by atoms with van der Waals surface area (Å²) in [6, 6.07) is 0. The molecule has 0 aromatic carbocycles. The Hall–Kier alpha value is -0.460. The number of rotatable bonds is 2. The van der Waals surface area contributed by atoms with Gasteiger partial charge in [-0.2, -0.15) is 0 Å². The lowest BCUT2D eigenvalue weighted by Gasteiger charge is -2.15. The molecule has 0 unspecified atom stereocenters. The minimum absolute atomic E-state index is 0.161. The Morgan fingerprint density at radius 3 is 2.12 bits per heavy atom. The third-order valence-electron chi connectivity index (χ3n) is 1.44. The van der Waals surface area contributed by atoms with E-state index in [-0.39, 0.29) is 5.41 Å². The van der Waals surface area contributed by atoms with Crippen LogP contribution in [0.2, 0.25) is 0 Å². The van der Waals surface area contributed by atoms with E-state index >= 15 is 0 Å². The Morgan fingerprint density at radius 2 is 2.00 bits per heavy atom. The summed E-state index contributed by atoms with van der Waals surface area (Å²) in [5.41, 5.74) is 0.161. The van der Waals surface area contributed by atoms with Gasteiger partial charge in [-0.05, 0) is 17.9 Å². The van der Waals surface area contributed by atoms with Crippen LogP contribution in [0, 0.1) is 5.41 Å². The van der Waals surface area contributed by atoms with E-state index in [1.807, 2.05) is 0 Å². The summed E-state index contributed by atoms with van der Waals surface area (Å²) >= 11 is 0. The fraction of sp³-hybridized carbons (Fsp3) is 0.714. The Kier molecular flexibility index (Phi) is 2.59. The molecule has 0 aliphatic heterocycles. The van der Waals surface area contributed by atoms with Gasteiger partial charge in [-0.3, -0.25) is 0 Å². The molecule has 0 rings (SSSR count). The zero-order chi connectivity index (χ0) is 6.62. The highest BCUT2D eigenvalue weighted by Gasteiger charge is 2.08. The van der Waals surface area contributed by atoms with Crippen LogP contribution in [0.3, 0.4) is 0 Å². The van der Waals surface area contributed by atoms with Crippen LogP contribution >= 0.6 is 0 Å². The minimum atomic E-state index is 0.161. The first-order valence-corrected chi connectivity index (χ1v) is 2.94. The maximum Gasteiger partial charge on any atom is 0.0757 e. The fourth-order valence-electron chi connectivity index (χ4n) is 0.320. The second-order valence-electron chi connectivity index (χ2n) is 2.66. The van der Waals surface area contributed by atoms with E-state index in [0.29, 0.717) is 0 Å². The molecule has 1 heteroatoms. The number of hydrogen-bond acceptors (Lipinski definition) is 1. The second-order valence-corrected chi connectivity index (χ2v) is 2.66. The normalized spacial score (nSPS) is 12.9. The van der Waals surface area contributed by atoms with Crippen LogP contribution in [0.25, 0.3) is 0 Å². The van der Waals surface area contributed by atoms with Gasteiger partial charge in [0.1, 0.15) is 0 Å². The maximum absolute atomic E-state index is 8.35. The topological polar surface area (TPSA) is 20.2 Å². The zero-order valence-corrected chi connectivity index (χ0v) is 5.81. The van der Waals surface area contributed by atoms with Crippen molar-refractivity contribution in [3.8, 4) is 0 Å². The minimum Gasteiger partial charge on any atom is -0.516 e. The SMILES string of the molecule is CCC(C)(C)/C=C/O. The summed E-state index contributed by atoms with van der Waals surface area (Å²) in [5.74, 6) is 0. The van der Waals surface area contributed by atoms with Crippen molar-refractivity contribution < 1.29 is 5.11 Å². The van der Waals surface area contributed by atoms with Crippen molar-refractivity contribution in [2.24, 2.45) is 5.41 Å². The highest BCUT2D eigenvalue weighted by atomic mass is 16.2. The summed E-state index contributed by atoms with van der Waals surface area (Å²) in [6.07, 6.45) is 3.97. The van der Waals surface area contributed by atoms with E-state index < -0.39 is 0 Å². The fourth-order valence-corrected chi connectivity index (χ4v) is 0.320. The van der Waals surface area contributed by atoms with Crippen LogP contribution in [0.15, 0.2) is 12.3 Å². The van der Waals surface area contributed by atoms with Crippen molar-refractivity contribution >= 4 is 0 Å². The Balaban J connectivity index is 3.71. The van der Waals surface area contributed by atoms with Gasteiger partial charge in [0.2, 0.25) is 0 Å². The van der Waals surface area contributed by atoms with E-state index in [2.05, 4.69) is 20.8 Å². The molecule has 1 nitrogen and oxygen atoms in total. The Labute approximate surface area is 51.0 Å². The molecule has 8 heavy (non-hydrogen) atoms. The van der Waals surface area contributed by atoms with E-state index in [4.69, 9.17) is 5.11 Å². The summed E-state index contributed by atoms with van der Waals surface area (Å²) < 4.78 is 0. The lowest BCUT2D eigenvalue weighted by atomic mass is 9.91. The average molecular weight is 114 g/mol. The molecular weight excluding hydrogens is 100 g/mol. The van der Waals surface area contributed by atoms with Crippen molar-refractivity contribution in [3.05, 3.63) is 12.3 Å².